The SMILES string of the molecule is COc1ccc(Br)c(CN(C)CC(C)C#N)c1. The van der Waals surface area contributed by atoms with E-state index in [0.717, 1.165) is 28.9 Å². The fourth-order valence-corrected chi connectivity index (χ4v) is 2.03. The minimum Gasteiger partial charge on any atom is -0.497 e. The fourth-order valence-electron chi connectivity index (χ4n) is 1.66. The van der Waals surface area contributed by atoms with E-state index >= 15 is 0 Å². The molecule has 0 amide bonds. The highest BCUT2D eigenvalue weighted by Gasteiger charge is 2.08. The Balaban J connectivity index is 2.70. The summed E-state index contributed by atoms with van der Waals surface area (Å²) in [6.45, 7) is 3.49. The standard InChI is InChI=1S/C13H17BrN2O/c1-10(7-15)8-16(2)9-11-6-12(17-3)4-5-13(11)14/h4-6,10H,8-9H2,1-3H3. The molecule has 0 saturated heterocycles. The summed E-state index contributed by atoms with van der Waals surface area (Å²) < 4.78 is 6.27. The average Bonchev–Trinajstić information content (AvgIpc) is 2.31. The minimum atomic E-state index is 0.0457. The maximum Gasteiger partial charge on any atom is 0.119 e. The number of nitrogens with zero attached hydrogens (tertiary/aromatic N) is 2. The van der Waals surface area contributed by atoms with Gasteiger partial charge in [-0.15, -0.1) is 0 Å². The highest BCUT2D eigenvalue weighted by Crippen LogP contribution is 2.23. The average molecular weight is 297 g/mol. The van der Waals surface area contributed by atoms with Crippen molar-refractivity contribution in [3.63, 3.8) is 0 Å². The first-order valence-corrected chi connectivity index (χ1v) is 6.26. The van der Waals surface area contributed by atoms with E-state index in [4.69, 9.17) is 10.00 Å². The van der Waals surface area contributed by atoms with Gasteiger partial charge in [0.2, 0.25) is 0 Å². The lowest BCUT2D eigenvalue weighted by atomic mass is 10.1. The number of nitriles is 1. The molecule has 0 aliphatic carbocycles. The van der Waals surface area contributed by atoms with E-state index < -0.39 is 0 Å². The van der Waals surface area contributed by atoms with Gasteiger partial charge in [-0.3, -0.25) is 0 Å². The summed E-state index contributed by atoms with van der Waals surface area (Å²) in [7, 11) is 3.67. The van der Waals surface area contributed by atoms with E-state index in [1.165, 1.54) is 0 Å². The Labute approximate surface area is 111 Å². The van der Waals surface area contributed by atoms with Crippen molar-refractivity contribution in [1.29, 1.82) is 5.26 Å². The summed E-state index contributed by atoms with van der Waals surface area (Å²) in [5.74, 6) is 0.898. The van der Waals surface area contributed by atoms with Gasteiger partial charge >= 0.3 is 0 Å². The number of hydrogen-bond acceptors (Lipinski definition) is 3. The van der Waals surface area contributed by atoms with Crippen LogP contribution in [0.15, 0.2) is 22.7 Å². The van der Waals surface area contributed by atoms with E-state index in [0.29, 0.717) is 0 Å². The molecule has 3 nitrogen and oxygen atoms in total. The van der Waals surface area contributed by atoms with Crippen molar-refractivity contribution >= 4 is 15.9 Å². The molecule has 0 bridgehead atoms. The molecule has 0 saturated carbocycles. The van der Waals surface area contributed by atoms with Crippen LogP contribution in [0.1, 0.15) is 12.5 Å². The fraction of sp³-hybridized carbons (Fsp3) is 0.462. The zero-order chi connectivity index (χ0) is 12.8. The predicted octanol–water partition coefficient (Wildman–Crippen LogP) is 3.05. The Hall–Kier alpha value is -1.05. The number of ether oxygens (including phenoxy) is 1. The first kappa shape index (κ1) is 14.0. The van der Waals surface area contributed by atoms with Crippen LogP contribution in [-0.2, 0) is 6.54 Å². The van der Waals surface area contributed by atoms with Gasteiger partial charge in [0.1, 0.15) is 5.75 Å². The maximum atomic E-state index is 8.78. The van der Waals surface area contributed by atoms with Crippen LogP contribution in [-0.4, -0.2) is 25.6 Å². The van der Waals surface area contributed by atoms with Gasteiger partial charge in [-0.1, -0.05) is 15.9 Å². The smallest absolute Gasteiger partial charge is 0.119 e. The number of methoxy groups -OCH3 is 1. The molecule has 0 aliphatic heterocycles. The van der Waals surface area contributed by atoms with Crippen LogP contribution in [0.5, 0.6) is 5.75 Å². The summed E-state index contributed by atoms with van der Waals surface area (Å²) >= 11 is 3.52. The highest BCUT2D eigenvalue weighted by atomic mass is 79.9. The van der Waals surface area contributed by atoms with Crippen molar-refractivity contribution in [2.24, 2.45) is 5.92 Å². The predicted molar refractivity (Wildman–Crippen MR) is 71.8 cm³/mol. The Morgan fingerprint density at radius 1 is 1.53 bits per heavy atom. The van der Waals surface area contributed by atoms with Crippen LogP contribution in [0.2, 0.25) is 0 Å². The molecule has 1 aromatic rings. The zero-order valence-electron chi connectivity index (χ0n) is 10.4. The summed E-state index contributed by atoms with van der Waals surface area (Å²) in [6.07, 6.45) is 0. The zero-order valence-corrected chi connectivity index (χ0v) is 12.0. The summed E-state index contributed by atoms with van der Waals surface area (Å²) in [5, 5.41) is 8.78. The van der Waals surface area contributed by atoms with Gasteiger partial charge in [-0.05, 0) is 37.7 Å². The summed E-state index contributed by atoms with van der Waals surface area (Å²) in [6, 6.07) is 8.16. The number of hydrogen-bond donors (Lipinski definition) is 0. The third-order valence-electron chi connectivity index (χ3n) is 2.50. The minimum absolute atomic E-state index is 0.0457. The summed E-state index contributed by atoms with van der Waals surface area (Å²) in [5.41, 5.74) is 1.16. The molecule has 0 fully saturated rings. The molecule has 0 N–H and O–H groups in total. The normalized spacial score (nSPS) is 12.2. The molecule has 0 heterocycles. The van der Waals surface area contributed by atoms with Crippen LogP contribution in [0.3, 0.4) is 0 Å². The second kappa shape index (κ2) is 6.63. The molecule has 0 aromatic heterocycles. The molecular weight excluding hydrogens is 280 g/mol. The van der Waals surface area contributed by atoms with E-state index in [1.54, 1.807) is 7.11 Å². The maximum absolute atomic E-state index is 8.78. The van der Waals surface area contributed by atoms with Gasteiger partial charge < -0.3 is 9.64 Å². The molecule has 1 unspecified atom stereocenters. The second-order valence-corrected chi connectivity index (χ2v) is 5.04. The largest absolute Gasteiger partial charge is 0.497 e. The van der Waals surface area contributed by atoms with Crippen LogP contribution in [0.25, 0.3) is 0 Å². The van der Waals surface area contributed by atoms with E-state index in [1.807, 2.05) is 32.2 Å². The highest BCUT2D eigenvalue weighted by molar-refractivity contribution is 9.10. The lowest BCUT2D eigenvalue weighted by Gasteiger charge is -2.19. The van der Waals surface area contributed by atoms with Gasteiger partial charge in [-0.25, -0.2) is 0 Å². The molecule has 0 radical (unpaired) electrons. The molecule has 0 aliphatic rings. The number of rotatable bonds is 5. The Morgan fingerprint density at radius 2 is 2.24 bits per heavy atom. The number of halogens is 1. The van der Waals surface area contributed by atoms with E-state index in [-0.39, 0.29) is 5.92 Å². The third-order valence-corrected chi connectivity index (χ3v) is 3.27. The molecule has 1 aromatic carbocycles. The first-order chi connectivity index (χ1) is 8.06. The van der Waals surface area contributed by atoms with Gasteiger partial charge in [0.15, 0.2) is 0 Å². The van der Waals surface area contributed by atoms with E-state index in [9.17, 15) is 0 Å². The van der Waals surface area contributed by atoms with Crippen molar-refractivity contribution < 1.29 is 4.74 Å². The Morgan fingerprint density at radius 3 is 2.82 bits per heavy atom. The third kappa shape index (κ3) is 4.37. The Bertz CT molecular complexity index is 414. The molecular formula is C13H17BrN2O. The Kier molecular flexibility index (Phi) is 5.46. The molecule has 17 heavy (non-hydrogen) atoms. The van der Waals surface area contributed by atoms with Crippen LogP contribution < -0.4 is 4.74 Å². The van der Waals surface area contributed by atoms with Crippen molar-refractivity contribution in [2.45, 2.75) is 13.5 Å². The van der Waals surface area contributed by atoms with Crippen molar-refractivity contribution in [1.82, 2.24) is 4.90 Å². The van der Waals surface area contributed by atoms with Crippen molar-refractivity contribution in [2.75, 3.05) is 20.7 Å². The number of benzene rings is 1. The van der Waals surface area contributed by atoms with Gasteiger partial charge in [0.25, 0.3) is 0 Å². The lowest BCUT2D eigenvalue weighted by molar-refractivity contribution is 0.302. The van der Waals surface area contributed by atoms with Crippen molar-refractivity contribution in [3.8, 4) is 11.8 Å². The van der Waals surface area contributed by atoms with Crippen LogP contribution in [0, 0.1) is 17.2 Å². The van der Waals surface area contributed by atoms with Gasteiger partial charge in [0, 0.05) is 17.6 Å². The monoisotopic (exact) mass is 296 g/mol. The van der Waals surface area contributed by atoms with E-state index in [2.05, 4.69) is 26.9 Å². The first-order valence-electron chi connectivity index (χ1n) is 5.47. The summed E-state index contributed by atoms with van der Waals surface area (Å²) in [4.78, 5) is 2.13. The second-order valence-electron chi connectivity index (χ2n) is 4.18. The van der Waals surface area contributed by atoms with Gasteiger partial charge in [0.05, 0.1) is 19.1 Å². The van der Waals surface area contributed by atoms with Gasteiger partial charge in [-0.2, -0.15) is 5.26 Å². The lowest BCUT2D eigenvalue weighted by Crippen LogP contribution is -2.23. The quantitative estimate of drug-likeness (QED) is 0.838. The topological polar surface area (TPSA) is 36.3 Å². The molecule has 1 atom stereocenters. The molecule has 0 spiro atoms. The molecule has 4 heteroatoms. The van der Waals surface area contributed by atoms with Crippen LogP contribution in [0.4, 0.5) is 0 Å². The molecule has 1 rings (SSSR count). The van der Waals surface area contributed by atoms with Crippen LogP contribution >= 0.6 is 15.9 Å². The van der Waals surface area contributed by atoms with Crippen molar-refractivity contribution in [3.05, 3.63) is 28.2 Å². The molecule has 92 valence electrons.